The molecule has 0 fully saturated rings. The Kier molecular flexibility index (Phi) is 5.93. The fraction of sp³-hybridized carbons (Fsp3) is 0.174. The highest BCUT2D eigenvalue weighted by Crippen LogP contribution is 2.26. The fourth-order valence-electron chi connectivity index (χ4n) is 2.87. The Morgan fingerprint density at radius 1 is 0.793 bits per heavy atom. The Hall–Kier alpha value is -3.67. The number of aryl methyl sites for hydroxylation is 3. The average molecular weight is 389 g/mol. The summed E-state index contributed by atoms with van der Waals surface area (Å²) in [6.45, 7) is 5.81. The minimum Gasteiger partial charge on any atom is -0.495 e. The molecule has 1 heterocycles. The fourth-order valence-corrected chi connectivity index (χ4v) is 2.87. The zero-order chi connectivity index (χ0) is 21.0. The van der Waals surface area contributed by atoms with Gasteiger partial charge in [-0.1, -0.05) is 18.2 Å². The molecule has 29 heavy (non-hydrogen) atoms. The third-order valence-corrected chi connectivity index (χ3v) is 4.51. The highest BCUT2D eigenvalue weighted by molar-refractivity contribution is 6.09. The van der Waals surface area contributed by atoms with Gasteiger partial charge >= 0.3 is 0 Å². The van der Waals surface area contributed by atoms with Crippen molar-refractivity contribution in [2.45, 2.75) is 20.8 Å². The molecule has 0 aliphatic carbocycles. The van der Waals surface area contributed by atoms with Crippen LogP contribution in [0.15, 0.2) is 54.9 Å². The molecule has 0 spiro atoms. The van der Waals surface area contributed by atoms with Crippen LogP contribution in [-0.2, 0) is 0 Å². The Balaban J connectivity index is 1.80. The number of hydrogen-bond acceptors (Lipinski definition) is 4. The second-order valence-corrected chi connectivity index (χ2v) is 6.89. The minimum atomic E-state index is -0.372. The van der Waals surface area contributed by atoms with Crippen LogP contribution in [0.5, 0.6) is 5.75 Å². The van der Waals surface area contributed by atoms with Gasteiger partial charge in [-0.2, -0.15) is 0 Å². The molecule has 6 heteroatoms. The number of anilines is 2. The second kappa shape index (κ2) is 8.56. The molecule has 0 radical (unpaired) electrons. The number of benzene rings is 2. The van der Waals surface area contributed by atoms with E-state index in [-0.39, 0.29) is 17.4 Å². The van der Waals surface area contributed by atoms with E-state index in [1.165, 1.54) is 18.5 Å². The number of methoxy groups -OCH3 is 1. The standard InChI is InChI=1S/C23H23N3O3/c1-14-5-7-16(3)19(9-14)25-22(27)17-11-18(13-24-12-17)23(28)26-20-10-15(2)6-8-21(20)29-4/h5-13H,1-4H3,(H,25,27)(H,26,28). The Morgan fingerprint density at radius 3 is 1.97 bits per heavy atom. The van der Waals surface area contributed by atoms with Crippen LogP contribution in [0.4, 0.5) is 11.4 Å². The predicted molar refractivity (Wildman–Crippen MR) is 114 cm³/mol. The molecule has 0 saturated carbocycles. The number of carbonyl (C=O) groups excluding carboxylic acids is 2. The average Bonchev–Trinajstić information content (AvgIpc) is 2.71. The molecule has 0 atom stereocenters. The predicted octanol–water partition coefficient (Wildman–Crippen LogP) is 4.52. The summed E-state index contributed by atoms with van der Waals surface area (Å²) in [4.78, 5) is 29.4. The normalized spacial score (nSPS) is 10.3. The molecule has 3 rings (SSSR count). The van der Waals surface area contributed by atoms with Gasteiger partial charge in [-0.3, -0.25) is 14.6 Å². The lowest BCUT2D eigenvalue weighted by atomic mass is 10.1. The highest BCUT2D eigenvalue weighted by Gasteiger charge is 2.14. The summed E-state index contributed by atoms with van der Waals surface area (Å²) < 4.78 is 5.29. The Bertz CT molecular complexity index is 1080. The van der Waals surface area contributed by atoms with Gasteiger partial charge in [0, 0.05) is 18.1 Å². The summed E-state index contributed by atoms with van der Waals surface area (Å²) in [5.41, 5.74) is 4.86. The molecule has 6 nitrogen and oxygen atoms in total. The number of nitrogens with one attached hydrogen (secondary N) is 2. The third kappa shape index (κ3) is 4.79. The maximum Gasteiger partial charge on any atom is 0.257 e. The summed E-state index contributed by atoms with van der Waals surface area (Å²) in [5.74, 6) is -0.141. The number of amides is 2. The van der Waals surface area contributed by atoms with Crippen LogP contribution < -0.4 is 15.4 Å². The van der Waals surface area contributed by atoms with E-state index in [9.17, 15) is 9.59 Å². The van der Waals surface area contributed by atoms with Gasteiger partial charge in [0.15, 0.2) is 0 Å². The SMILES string of the molecule is COc1ccc(C)cc1NC(=O)c1cncc(C(=O)Nc2cc(C)ccc2C)c1. The van der Waals surface area contributed by atoms with E-state index < -0.39 is 0 Å². The zero-order valence-electron chi connectivity index (χ0n) is 16.9. The van der Waals surface area contributed by atoms with Crippen molar-refractivity contribution in [2.24, 2.45) is 0 Å². The summed E-state index contributed by atoms with van der Waals surface area (Å²) in [7, 11) is 1.54. The molecule has 2 N–H and O–H groups in total. The van der Waals surface area contributed by atoms with E-state index >= 15 is 0 Å². The van der Waals surface area contributed by atoms with E-state index in [1.54, 1.807) is 13.2 Å². The van der Waals surface area contributed by atoms with Gasteiger partial charge in [0.25, 0.3) is 11.8 Å². The molecule has 2 amide bonds. The number of rotatable bonds is 5. The van der Waals surface area contributed by atoms with Crippen LogP contribution >= 0.6 is 0 Å². The number of aromatic nitrogens is 1. The first kappa shape index (κ1) is 20.1. The molecule has 0 aliphatic rings. The molecule has 2 aromatic carbocycles. The Labute approximate surface area is 169 Å². The van der Waals surface area contributed by atoms with Gasteiger partial charge in [0.1, 0.15) is 5.75 Å². The van der Waals surface area contributed by atoms with Crippen molar-refractivity contribution < 1.29 is 14.3 Å². The molecular formula is C23H23N3O3. The van der Waals surface area contributed by atoms with Gasteiger partial charge in [0.2, 0.25) is 0 Å². The van der Waals surface area contributed by atoms with Crippen molar-refractivity contribution in [3.05, 3.63) is 82.7 Å². The molecule has 0 aliphatic heterocycles. The molecule has 3 aromatic rings. The first-order chi connectivity index (χ1) is 13.9. The van der Waals surface area contributed by atoms with Gasteiger partial charge in [-0.25, -0.2) is 0 Å². The van der Waals surface area contributed by atoms with Gasteiger partial charge in [0.05, 0.1) is 23.9 Å². The summed E-state index contributed by atoms with van der Waals surface area (Å²) in [6.07, 6.45) is 2.86. The first-order valence-electron chi connectivity index (χ1n) is 9.17. The highest BCUT2D eigenvalue weighted by atomic mass is 16.5. The quantitative estimate of drug-likeness (QED) is 0.672. The van der Waals surface area contributed by atoms with E-state index in [0.29, 0.717) is 17.0 Å². The number of nitrogens with zero attached hydrogens (tertiary/aromatic N) is 1. The first-order valence-corrected chi connectivity index (χ1v) is 9.17. The number of carbonyl (C=O) groups is 2. The molecule has 0 saturated heterocycles. The van der Waals surface area contributed by atoms with Crippen LogP contribution in [-0.4, -0.2) is 23.9 Å². The van der Waals surface area contributed by atoms with E-state index in [2.05, 4.69) is 15.6 Å². The van der Waals surface area contributed by atoms with Crippen LogP contribution in [0, 0.1) is 20.8 Å². The van der Waals surface area contributed by atoms with E-state index in [4.69, 9.17) is 4.74 Å². The van der Waals surface area contributed by atoms with Crippen molar-refractivity contribution >= 4 is 23.2 Å². The molecule has 0 unspecified atom stereocenters. The largest absolute Gasteiger partial charge is 0.495 e. The lowest BCUT2D eigenvalue weighted by molar-refractivity contribution is 0.102. The summed E-state index contributed by atoms with van der Waals surface area (Å²) >= 11 is 0. The smallest absolute Gasteiger partial charge is 0.257 e. The summed E-state index contributed by atoms with van der Waals surface area (Å²) in [6, 6.07) is 12.9. The number of hydrogen-bond donors (Lipinski definition) is 2. The molecule has 1 aromatic heterocycles. The maximum atomic E-state index is 12.7. The van der Waals surface area contributed by atoms with Crippen LogP contribution in [0.2, 0.25) is 0 Å². The minimum absolute atomic E-state index is 0.280. The molecule has 0 bridgehead atoms. The topological polar surface area (TPSA) is 80.3 Å². The van der Waals surface area contributed by atoms with Crippen molar-refractivity contribution in [3.63, 3.8) is 0 Å². The van der Waals surface area contributed by atoms with Crippen molar-refractivity contribution in [1.29, 1.82) is 0 Å². The van der Waals surface area contributed by atoms with Gasteiger partial charge < -0.3 is 15.4 Å². The molecular weight excluding hydrogens is 366 g/mol. The lowest BCUT2D eigenvalue weighted by Gasteiger charge is -2.12. The van der Waals surface area contributed by atoms with Crippen LogP contribution in [0.3, 0.4) is 0 Å². The second-order valence-electron chi connectivity index (χ2n) is 6.89. The van der Waals surface area contributed by atoms with Crippen molar-refractivity contribution in [2.75, 3.05) is 17.7 Å². The maximum absolute atomic E-state index is 12.7. The van der Waals surface area contributed by atoms with Crippen molar-refractivity contribution in [1.82, 2.24) is 4.98 Å². The lowest BCUT2D eigenvalue weighted by Crippen LogP contribution is -2.17. The molecule has 148 valence electrons. The van der Waals surface area contributed by atoms with Gasteiger partial charge in [-0.05, 0) is 61.7 Å². The van der Waals surface area contributed by atoms with E-state index in [0.717, 1.165) is 22.4 Å². The summed E-state index contributed by atoms with van der Waals surface area (Å²) in [5, 5.41) is 5.69. The number of pyridine rings is 1. The van der Waals surface area contributed by atoms with Gasteiger partial charge in [-0.15, -0.1) is 0 Å². The zero-order valence-corrected chi connectivity index (χ0v) is 16.9. The monoisotopic (exact) mass is 389 g/mol. The Morgan fingerprint density at radius 2 is 1.34 bits per heavy atom. The number of ether oxygens (including phenoxy) is 1. The van der Waals surface area contributed by atoms with E-state index in [1.807, 2.05) is 51.1 Å². The van der Waals surface area contributed by atoms with Crippen molar-refractivity contribution in [3.8, 4) is 5.75 Å². The van der Waals surface area contributed by atoms with Crippen LogP contribution in [0.1, 0.15) is 37.4 Å². The third-order valence-electron chi connectivity index (χ3n) is 4.51. The van der Waals surface area contributed by atoms with Crippen LogP contribution in [0.25, 0.3) is 0 Å².